The fourth-order valence-electron chi connectivity index (χ4n) is 3.36. The van der Waals surface area contributed by atoms with Crippen molar-refractivity contribution in [3.63, 3.8) is 0 Å². The largest absolute Gasteiger partial charge is 0.335 e. The van der Waals surface area contributed by atoms with Gasteiger partial charge in [0, 0.05) is 29.3 Å². The summed E-state index contributed by atoms with van der Waals surface area (Å²) in [6, 6.07) is 3.25. The molecule has 8 nitrogen and oxygen atoms in total. The van der Waals surface area contributed by atoms with E-state index in [4.69, 9.17) is 0 Å². The predicted molar refractivity (Wildman–Crippen MR) is 109 cm³/mol. The summed E-state index contributed by atoms with van der Waals surface area (Å²) in [7, 11) is 0. The van der Waals surface area contributed by atoms with E-state index in [2.05, 4.69) is 25.7 Å². The van der Waals surface area contributed by atoms with Crippen molar-refractivity contribution >= 4 is 11.8 Å². The Labute approximate surface area is 165 Å². The van der Waals surface area contributed by atoms with Crippen LogP contribution in [0.1, 0.15) is 71.2 Å². The van der Waals surface area contributed by atoms with Gasteiger partial charge < -0.3 is 5.32 Å². The molecule has 2 aromatic rings. The van der Waals surface area contributed by atoms with Crippen LogP contribution in [0.25, 0.3) is 5.95 Å². The van der Waals surface area contributed by atoms with Crippen LogP contribution < -0.4 is 16.2 Å². The van der Waals surface area contributed by atoms with E-state index >= 15 is 0 Å². The van der Waals surface area contributed by atoms with Crippen molar-refractivity contribution in [3.05, 3.63) is 33.9 Å². The number of aromatic amines is 1. The highest BCUT2D eigenvalue weighted by atomic mass is 16.2. The minimum absolute atomic E-state index is 0.202. The number of urea groups is 1. The number of aromatic nitrogens is 4. The molecule has 2 amide bonds. The number of hydrogen-bond donors (Lipinski definition) is 3. The zero-order chi connectivity index (χ0) is 20.3. The zero-order valence-corrected chi connectivity index (χ0v) is 17.1. The highest BCUT2D eigenvalue weighted by Gasteiger charge is 2.23. The minimum atomic E-state index is -0.262. The lowest BCUT2D eigenvalue weighted by atomic mass is 9.92. The van der Waals surface area contributed by atoms with Crippen molar-refractivity contribution in [2.24, 2.45) is 0 Å². The van der Waals surface area contributed by atoms with Crippen molar-refractivity contribution in [2.45, 2.75) is 77.7 Å². The van der Waals surface area contributed by atoms with E-state index in [9.17, 15) is 9.59 Å². The fourth-order valence-corrected chi connectivity index (χ4v) is 3.36. The molecule has 0 unspecified atom stereocenters. The molecule has 0 atom stereocenters. The number of aryl methyl sites for hydroxylation is 1. The number of carbonyl (C=O) groups is 1. The van der Waals surface area contributed by atoms with Crippen LogP contribution in [0.15, 0.2) is 16.9 Å². The lowest BCUT2D eigenvalue weighted by molar-refractivity contribution is 0.244. The summed E-state index contributed by atoms with van der Waals surface area (Å²) in [5, 5.41) is 10.5. The first-order valence-corrected chi connectivity index (χ1v) is 10.0. The summed E-state index contributed by atoms with van der Waals surface area (Å²) in [6.07, 6.45) is 6.17. The molecule has 0 spiro atoms. The molecular weight excluding hydrogens is 356 g/mol. The highest BCUT2D eigenvalue weighted by molar-refractivity contribution is 5.88. The molecule has 3 N–H and O–H groups in total. The third kappa shape index (κ3) is 4.79. The fraction of sp³-hybridized carbons (Fsp3) is 0.600. The molecule has 0 saturated heterocycles. The summed E-state index contributed by atoms with van der Waals surface area (Å²) in [4.78, 5) is 31.8. The number of anilines is 1. The van der Waals surface area contributed by atoms with Crippen LogP contribution in [0.3, 0.4) is 0 Å². The normalized spacial score (nSPS) is 15.4. The first-order valence-electron chi connectivity index (χ1n) is 10.0. The van der Waals surface area contributed by atoms with Gasteiger partial charge >= 0.3 is 6.03 Å². The number of rotatable bonds is 4. The number of H-pyrrole nitrogens is 1. The summed E-state index contributed by atoms with van der Waals surface area (Å²) in [6.45, 7) is 8.07. The Bertz CT molecular complexity index is 887. The Morgan fingerprint density at radius 3 is 2.61 bits per heavy atom. The first kappa shape index (κ1) is 20.1. The number of nitrogens with zero attached hydrogens (tertiary/aromatic N) is 3. The third-order valence-electron chi connectivity index (χ3n) is 5.00. The van der Waals surface area contributed by atoms with Gasteiger partial charge in [-0.3, -0.25) is 15.1 Å². The average molecular weight is 387 g/mol. The van der Waals surface area contributed by atoms with Crippen molar-refractivity contribution in [3.8, 4) is 5.95 Å². The number of carbonyl (C=O) groups excluding carboxylic acids is 1. The Morgan fingerprint density at radius 2 is 1.96 bits per heavy atom. The molecule has 0 radical (unpaired) electrons. The van der Waals surface area contributed by atoms with Gasteiger partial charge in [-0.2, -0.15) is 9.78 Å². The van der Waals surface area contributed by atoms with Crippen LogP contribution in [-0.2, 0) is 11.8 Å². The number of nitrogens with one attached hydrogen (secondary N) is 3. The molecule has 1 aliphatic carbocycles. The summed E-state index contributed by atoms with van der Waals surface area (Å²) < 4.78 is 1.50. The molecule has 1 fully saturated rings. The van der Waals surface area contributed by atoms with Gasteiger partial charge in [0.15, 0.2) is 0 Å². The number of hydrogen-bond acceptors (Lipinski definition) is 4. The van der Waals surface area contributed by atoms with Gasteiger partial charge in [-0.05, 0) is 19.3 Å². The minimum Gasteiger partial charge on any atom is -0.335 e. The maximum Gasteiger partial charge on any atom is 0.320 e. The lowest BCUT2D eigenvalue weighted by Gasteiger charge is -2.22. The quantitative estimate of drug-likeness (QED) is 0.750. The molecule has 1 saturated carbocycles. The summed E-state index contributed by atoms with van der Waals surface area (Å²) >= 11 is 0. The Balaban J connectivity index is 1.91. The zero-order valence-electron chi connectivity index (χ0n) is 17.1. The highest BCUT2D eigenvalue weighted by Crippen LogP contribution is 2.25. The number of amides is 2. The van der Waals surface area contributed by atoms with E-state index in [1.165, 1.54) is 17.2 Å². The van der Waals surface area contributed by atoms with Crippen molar-refractivity contribution in [1.82, 2.24) is 25.1 Å². The SMILES string of the molecule is CCc1cc(=O)[nH]c(-n2nc(C(C)(C)C)cc2NC(=O)NC2CCCCC2)n1. The van der Waals surface area contributed by atoms with E-state index in [1.54, 1.807) is 0 Å². The van der Waals surface area contributed by atoms with E-state index < -0.39 is 0 Å². The smallest absolute Gasteiger partial charge is 0.320 e. The van der Waals surface area contributed by atoms with Gasteiger partial charge in [-0.25, -0.2) is 9.78 Å². The molecule has 2 heterocycles. The van der Waals surface area contributed by atoms with Crippen molar-refractivity contribution in [2.75, 3.05) is 5.32 Å². The Hall–Kier alpha value is -2.64. The third-order valence-corrected chi connectivity index (χ3v) is 5.00. The van der Waals surface area contributed by atoms with Gasteiger partial charge in [-0.1, -0.05) is 47.0 Å². The van der Waals surface area contributed by atoms with E-state index in [0.29, 0.717) is 23.9 Å². The standard InChI is InChI=1S/C20H30N6O2/c1-5-13-11-17(27)24-18(21-13)26-16(12-15(25-26)20(2,3)4)23-19(28)22-14-9-7-6-8-10-14/h11-12,14H,5-10H2,1-4H3,(H,21,24,27)(H2,22,23,28). The molecule has 8 heteroatoms. The molecule has 1 aliphatic rings. The second kappa shape index (κ2) is 8.16. The maximum atomic E-state index is 12.6. The molecule has 0 aromatic carbocycles. The van der Waals surface area contributed by atoms with Crippen LogP contribution >= 0.6 is 0 Å². The van der Waals surface area contributed by atoms with Gasteiger partial charge in [0.1, 0.15) is 5.82 Å². The lowest BCUT2D eigenvalue weighted by Crippen LogP contribution is -2.39. The van der Waals surface area contributed by atoms with Crippen LogP contribution in [0.2, 0.25) is 0 Å². The Morgan fingerprint density at radius 1 is 1.25 bits per heavy atom. The predicted octanol–water partition coefficient (Wildman–Crippen LogP) is 3.27. The van der Waals surface area contributed by atoms with E-state index in [1.807, 2.05) is 33.8 Å². The topological polar surface area (TPSA) is 105 Å². The maximum absolute atomic E-state index is 12.6. The van der Waals surface area contributed by atoms with Crippen LogP contribution in [-0.4, -0.2) is 31.8 Å². The van der Waals surface area contributed by atoms with Crippen molar-refractivity contribution < 1.29 is 4.79 Å². The second-order valence-electron chi connectivity index (χ2n) is 8.42. The molecule has 28 heavy (non-hydrogen) atoms. The molecular formula is C20H30N6O2. The van der Waals surface area contributed by atoms with E-state index in [-0.39, 0.29) is 23.0 Å². The van der Waals surface area contributed by atoms with Crippen molar-refractivity contribution in [1.29, 1.82) is 0 Å². The van der Waals surface area contributed by atoms with Gasteiger partial charge in [0.2, 0.25) is 5.95 Å². The summed E-state index contributed by atoms with van der Waals surface area (Å²) in [5.74, 6) is 0.780. The summed E-state index contributed by atoms with van der Waals surface area (Å²) in [5.41, 5.74) is 1.01. The van der Waals surface area contributed by atoms with Crippen LogP contribution in [0.4, 0.5) is 10.6 Å². The van der Waals surface area contributed by atoms with E-state index in [0.717, 1.165) is 31.4 Å². The molecule has 0 bridgehead atoms. The average Bonchev–Trinajstić information content (AvgIpc) is 3.06. The monoisotopic (exact) mass is 386 g/mol. The molecule has 0 aliphatic heterocycles. The van der Waals surface area contributed by atoms with Gasteiger partial charge in [-0.15, -0.1) is 0 Å². The molecule has 3 rings (SSSR count). The first-order chi connectivity index (χ1) is 13.3. The Kier molecular flexibility index (Phi) is 5.86. The molecule has 152 valence electrons. The molecule has 2 aromatic heterocycles. The van der Waals surface area contributed by atoms with Gasteiger partial charge in [0.05, 0.1) is 5.69 Å². The second-order valence-corrected chi connectivity index (χ2v) is 8.42. The van der Waals surface area contributed by atoms with Gasteiger partial charge in [0.25, 0.3) is 5.56 Å². The van der Waals surface area contributed by atoms with Crippen LogP contribution in [0, 0.1) is 0 Å². The van der Waals surface area contributed by atoms with Crippen LogP contribution in [0.5, 0.6) is 0 Å².